The maximum atomic E-state index is 5.65. The van der Waals surface area contributed by atoms with Gasteiger partial charge in [-0.05, 0) is 67.9 Å². The van der Waals surface area contributed by atoms with Gasteiger partial charge in [0, 0.05) is 0 Å². The van der Waals surface area contributed by atoms with E-state index in [4.69, 9.17) is 4.74 Å². The fourth-order valence-electron chi connectivity index (χ4n) is 2.39. The minimum atomic E-state index is 0.938. The van der Waals surface area contributed by atoms with Crippen molar-refractivity contribution >= 4 is 11.8 Å². The second kappa shape index (κ2) is 6.47. The molecule has 86 valence electrons. The minimum absolute atomic E-state index is 0.938. The van der Waals surface area contributed by atoms with Crippen molar-refractivity contribution in [3.8, 4) is 0 Å². The van der Waals surface area contributed by atoms with Gasteiger partial charge in [0.25, 0.3) is 0 Å². The number of hydrogen-bond donors (Lipinski definition) is 0. The van der Waals surface area contributed by atoms with Crippen LogP contribution in [0.3, 0.4) is 0 Å². The fourth-order valence-corrected chi connectivity index (χ4v) is 3.60. The van der Waals surface area contributed by atoms with Crippen LogP contribution in [0.1, 0.15) is 44.9 Å². The number of hydrogen-bond acceptors (Lipinski definition) is 2. The van der Waals surface area contributed by atoms with Crippen LogP contribution in [0.15, 0.2) is 11.8 Å². The highest BCUT2D eigenvalue weighted by Gasteiger charge is 2.13. The Balaban J connectivity index is 1.55. The van der Waals surface area contributed by atoms with Crippen LogP contribution in [0.5, 0.6) is 0 Å². The molecule has 0 bridgehead atoms. The van der Waals surface area contributed by atoms with E-state index in [9.17, 15) is 0 Å². The Morgan fingerprint density at radius 3 is 2.67 bits per heavy atom. The quantitative estimate of drug-likeness (QED) is 0.529. The molecule has 0 aromatic rings. The third kappa shape index (κ3) is 4.10. The first kappa shape index (κ1) is 11.4. The van der Waals surface area contributed by atoms with Gasteiger partial charge in [-0.1, -0.05) is 0 Å². The first-order chi connectivity index (χ1) is 7.45. The van der Waals surface area contributed by atoms with Gasteiger partial charge < -0.3 is 4.74 Å². The third-order valence-electron chi connectivity index (χ3n) is 3.48. The van der Waals surface area contributed by atoms with E-state index in [1.807, 2.05) is 6.26 Å². The lowest BCUT2D eigenvalue weighted by molar-refractivity contribution is 0.215. The largest absolute Gasteiger partial charge is 0.501 e. The molecule has 0 aromatic heterocycles. The van der Waals surface area contributed by atoms with E-state index in [1.165, 1.54) is 62.0 Å². The van der Waals surface area contributed by atoms with Crippen molar-refractivity contribution in [1.29, 1.82) is 0 Å². The van der Waals surface area contributed by atoms with Gasteiger partial charge in [0.2, 0.25) is 0 Å². The predicted octanol–water partition coefficient (Wildman–Crippen LogP) is 3.99. The Labute approximate surface area is 97.7 Å². The lowest BCUT2D eigenvalue weighted by Gasteiger charge is -2.20. The summed E-state index contributed by atoms with van der Waals surface area (Å²) >= 11 is 2.11. The van der Waals surface area contributed by atoms with Crippen LogP contribution in [0.25, 0.3) is 0 Å². The molecule has 1 nitrogen and oxygen atoms in total. The summed E-state index contributed by atoms with van der Waals surface area (Å²) in [4.78, 5) is 0. The maximum absolute atomic E-state index is 5.65. The summed E-state index contributed by atoms with van der Waals surface area (Å²) in [6.07, 6.45) is 11.4. The fraction of sp³-hybridized carbons (Fsp3) is 0.846. The van der Waals surface area contributed by atoms with Crippen LogP contribution >= 0.6 is 11.8 Å². The molecule has 0 N–H and O–H groups in total. The summed E-state index contributed by atoms with van der Waals surface area (Å²) in [5, 5.41) is 0. The van der Waals surface area contributed by atoms with Crippen molar-refractivity contribution in [3.63, 3.8) is 0 Å². The molecule has 2 rings (SSSR count). The van der Waals surface area contributed by atoms with Crippen molar-refractivity contribution < 1.29 is 4.74 Å². The zero-order valence-electron chi connectivity index (χ0n) is 9.54. The number of allylic oxidation sites excluding steroid dienone is 1. The van der Waals surface area contributed by atoms with Gasteiger partial charge >= 0.3 is 0 Å². The summed E-state index contributed by atoms with van der Waals surface area (Å²) in [6.45, 7) is 0.943. The topological polar surface area (TPSA) is 9.23 Å². The molecule has 0 radical (unpaired) electrons. The molecule has 0 spiro atoms. The van der Waals surface area contributed by atoms with Gasteiger partial charge in [-0.25, -0.2) is 0 Å². The highest BCUT2D eigenvalue weighted by atomic mass is 32.2. The summed E-state index contributed by atoms with van der Waals surface area (Å²) in [5.41, 5.74) is 1.54. The zero-order valence-corrected chi connectivity index (χ0v) is 10.4. The van der Waals surface area contributed by atoms with Crippen molar-refractivity contribution in [3.05, 3.63) is 11.8 Å². The van der Waals surface area contributed by atoms with Crippen LogP contribution < -0.4 is 0 Å². The van der Waals surface area contributed by atoms with E-state index in [2.05, 4.69) is 11.8 Å². The average molecular weight is 226 g/mol. The van der Waals surface area contributed by atoms with E-state index in [1.54, 1.807) is 0 Å². The highest BCUT2D eigenvalue weighted by molar-refractivity contribution is 7.99. The van der Waals surface area contributed by atoms with Crippen LogP contribution in [0.4, 0.5) is 0 Å². The lowest BCUT2D eigenvalue weighted by Crippen LogP contribution is -2.11. The van der Waals surface area contributed by atoms with Gasteiger partial charge in [-0.3, -0.25) is 0 Å². The monoisotopic (exact) mass is 226 g/mol. The summed E-state index contributed by atoms with van der Waals surface area (Å²) < 4.78 is 5.65. The number of rotatable bonds is 4. The molecule has 0 unspecified atom stereocenters. The average Bonchev–Trinajstić information content (AvgIpc) is 2.79. The molecule has 1 heterocycles. The smallest absolute Gasteiger partial charge is 0.0875 e. The van der Waals surface area contributed by atoms with Gasteiger partial charge in [0.15, 0.2) is 0 Å². The molecule has 1 aliphatic carbocycles. The van der Waals surface area contributed by atoms with E-state index in [0.29, 0.717) is 0 Å². The van der Waals surface area contributed by atoms with Crippen LogP contribution in [0, 0.1) is 5.92 Å². The molecule has 1 saturated heterocycles. The molecule has 2 fully saturated rings. The van der Waals surface area contributed by atoms with Crippen molar-refractivity contribution in [2.75, 3.05) is 18.1 Å². The van der Waals surface area contributed by atoms with Crippen LogP contribution in [0.2, 0.25) is 0 Å². The van der Waals surface area contributed by atoms with E-state index < -0.39 is 0 Å². The lowest BCUT2D eigenvalue weighted by atomic mass is 10.00. The van der Waals surface area contributed by atoms with E-state index in [0.717, 1.165) is 12.5 Å². The molecule has 1 saturated carbocycles. The second-order valence-corrected chi connectivity index (χ2v) is 5.92. The number of ether oxygens (including phenoxy) is 1. The molecular weight excluding hydrogens is 204 g/mol. The number of thioether (sulfide) groups is 1. The zero-order chi connectivity index (χ0) is 10.3. The Morgan fingerprint density at radius 1 is 1.20 bits per heavy atom. The highest BCUT2D eigenvalue weighted by Crippen LogP contribution is 2.26. The molecule has 2 heteroatoms. The normalized spacial score (nSPS) is 23.1. The van der Waals surface area contributed by atoms with Gasteiger partial charge in [0.05, 0.1) is 12.9 Å². The first-order valence-electron chi connectivity index (χ1n) is 6.32. The van der Waals surface area contributed by atoms with Crippen LogP contribution in [-0.4, -0.2) is 18.1 Å². The van der Waals surface area contributed by atoms with Crippen molar-refractivity contribution in [2.45, 2.75) is 44.9 Å². The summed E-state index contributed by atoms with van der Waals surface area (Å²) in [5.74, 6) is 3.67. The van der Waals surface area contributed by atoms with Crippen molar-refractivity contribution in [1.82, 2.24) is 0 Å². The molecular formula is C13H22OS. The van der Waals surface area contributed by atoms with E-state index in [-0.39, 0.29) is 0 Å². The van der Waals surface area contributed by atoms with Gasteiger partial charge in [0.1, 0.15) is 0 Å². The molecule has 0 aromatic carbocycles. The Bertz CT molecular complexity index is 199. The standard InChI is InChI=1S/C13H22OS/c1-2-4-13(3-1)11-14-8-5-12-6-9-15-10-7-12/h11-12H,1-10H2. The third-order valence-corrected chi connectivity index (χ3v) is 4.53. The Hall–Kier alpha value is -0.110. The molecule has 0 atom stereocenters. The molecule has 2 aliphatic rings. The molecule has 1 aliphatic heterocycles. The Morgan fingerprint density at radius 2 is 1.93 bits per heavy atom. The first-order valence-corrected chi connectivity index (χ1v) is 7.48. The summed E-state index contributed by atoms with van der Waals surface area (Å²) in [6, 6.07) is 0. The summed E-state index contributed by atoms with van der Waals surface area (Å²) in [7, 11) is 0. The SMILES string of the molecule is C(OCCC1CCSCC1)=C1CCCC1. The van der Waals surface area contributed by atoms with Crippen LogP contribution in [-0.2, 0) is 4.74 Å². The van der Waals surface area contributed by atoms with E-state index >= 15 is 0 Å². The maximum Gasteiger partial charge on any atom is 0.0875 e. The second-order valence-electron chi connectivity index (χ2n) is 4.70. The van der Waals surface area contributed by atoms with Gasteiger partial charge in [-0.15, -0.1) is 0 Å². The predicted molar refractivity (Wildman–Crippen MR) is 67.2 cm³/mol. The minimum Gasteiger partial charge on any atom is -0.501 e. The molecule has 0 amide bonds. The van der Waals surface area contributed by atoms with Gasteiger partial charge in [-0.2, -0.15) is 11.8 Å². The van der Waals surface area contributed by atoms with Crippen molar-refractivity contribution in [2.24, 2.45) is 5.92 Å². The Kier molecular flexibility index (Phi) is 4.91. The molecule has 15 heavy (non-hydrogen) atoms.